The number of hydrogen-bond acceptors (Lipinski definition) is 8. The molecule has 14 rings (SSSR count). The van der Waals surface area contributed by atoms with Crippen LogP contribution in [-0.2, 0) is 84.6 Å². The molecule has 0 bridgehead atoms. The fourth-order valence-corrected chi connectivity index (χ4v) is 24.0. The Labute approximate surface area is 595 Å². The molecule has 10 saturated carbocycles. The van der Waals surface area contributed by atoms with Crippen LogP contribution < -0.4 is 0 Å². The molecule has 0 aromatic rings. The average Bonchev–Trinajstić information content (AvgIpc) is 1.57. The number of carbonyl (C=O) groups excluding carboxylic acids is 4. The van der Waals surface area contributed by atoms with Crippen molar-refractivity contribution in [1.82, 2.24) is 0 Å². The Kier molecular flexibility index (Phi) is 31.5. The van der Waals surface area contributed by atoms with E-state index in [1.165, 1.54) is 154 Å². The summed E-state index contributed by atoms with van der Waals surface area (Å²) >= 11 is 0.382. The molecular weight excluding hydrogens is 1350 g/mol. The second-order valence-corrected chi connectivity index (χ2v) is 32.9. The van der Waals surface area contributed by atoms with Crippen molar-refractivity contribution in [2.24, 2.45) is 99.6 Å². The third-order valence-electron chi connectivity index (χ3n) is 27.2. The molecule has 19 heteroatoms. The van der Waals surface area contributed by atoms with Crippen LogP contribution >= 0.6 is 20.3 Å². The largest absolute Gasteiger partial charge is 0.693 e. The summed E-state index contributed by atoms with van der Waals surface area (Å²) in [5.74, 6) is 10.1. The summed E-state index contributed by atoms with van der Waals surface area (Å²) in [5.41, 5.74) is 1.46. The third-order valence-corrected chi connectivity index (χ3v) is 27.2. The number of fused-ring (bicyclic) bond motifs is 6. The first-order valence-corrected chi connectivity index (χ1v) is 40.2. The molecule has 11 unspecified atom stereocenters. The Morgan fingerprint density at radius 2 is 0.667 bits per heavy atom. The number of esters is 4. The molecule has 4 N–H and O–H groups in total. The van der Waals surface area contributed by atoms with Gasteiger partial charge in [0, 0.05) is 56.9 Å². The molecular formula is C74H116Cl2Co3N6O8-6. The van der Waals surface area contributed by atoms with Crippen LogP contribution in [0, 0.1) is 99.6 Å². The van der Waals surface area contributed by atoms with Crippen LogP contribution in [0.25, 0.3) is 33.6 Å². The molecule has 537 valence electrons. The van der Waals surface area contributed by atoms with Crippen LogP contribution in [0.3, 0.4) is 0 Å². The molecule has 14 aliphatic rings. The molecule has 0 aromatic carbocycles. The van der Waals surface area contributed by atoms with E-state index in [1.54, 1.807) is 6.20 Å². The molecule has 4 heterocycles. The summed E-state index contributed by atoms with van der Waals surface area (Å²) in [5, 5.41) is 17.7. The zero-order valence-corrected chi connectivity index (χ0v) is 60.6. The fraction of sp³-hybridized carbons (Fsp3) is 0.892. The Morgan fingerprint density at radius 3 is 0.925 bits per heavy atom. The van der Waals surface area contributed by atoms with Gasteiger partial charge in [0.1, 0.15) is 24.4 Å². The first kappa shape index (κ1) is 77.8. The predicted octanol–water partition coefficient (Wildman–Crippen LogP) is 19.6. The van der Waals surface area contributed by atoms with Gasteiger partial charge in [-0.15, -0.1) is 51.9 Å². The van der Waals surface area contributed by atoms with Crippen LogP contribution in [0.4, 0.5) is 0 Å². The minimum Gasteiger partial charge on any atom is -0.693 e. The first-order chi connectivity index (χ1) is 43.7. The summed E-state index contributed by atoms with van der Waals surface area (Å²) in [4.78, 5) is 51.8. The minimum absolute atomic E-state index is 0. The van der Waals surface area contributed by atoms with Crippen LogP contribution in [0.5, 0.6) is 0 Å². The van der Waals surface area contributed by atoms with Gasteiger partial charge in [-0.2, -0.15) is 6.20 Å². The molecule has 2 radical (unpaired) electrons. The Hall–Kier alpha value is -0.941. The molecule has 0 aromatic heterocycles. The van der Waals surface area contributed by atoms with Crippen molar-refractivity contribution in [2.75, 3.05) is 45.8 Å². The van der Waals surface area contributed by atoms with Crippen molar-refractivity contribution in [3.05, 3.63) is 57.5 Å². The molecule has 13 fully saturated rings. The second-order valence-electron chi connectivity index (χ2n) is 31.1. The van der Waals surface area contributed by atoms with Crippen LogP contribution in [0.15, 0.2) is 23.9 Å². The van der Waals surface area contributed by atoms with Gasteiger partial charge >= 0.3 is 57.1 Å². The van der Waals surface area contributed by atoms with E-state index in [4.69, 9.17) is 39.2 Å². The number of piperidine rings is 3. The van der Waals surface area contributed by atoms with Gasteiger partial charge < -0.3 is 52.5 Å². The van der Waals surface area contributed by atoms with Gasteiger partial charge in [-0.05, 0) is 255 Å². The van der Waals surface area contributed by atoms with Gasteiger partial charge in [0.2, 0.25) is 0 Å². The minimum atomic E-state index is -0.201. The Morgan fingerprint density at radius 1 is 0.387 bits per heavy atom. The SMILES string of the molecule is O=C(OC1CCC(C2(C3CCC(OC(=O)C4CCC[N-]C4)CC3)C3CCCCC3C3CCCCC32)CC1)C1=C[N-]CC=C1.O=C(OC1CCC(C2(C3CCC(OC(=O)C4CCC[N-]C4)CC3)C3CCCCC3C3CCCCC32)CC1)C1CCC[N-]C1.[Cl][Co][Cl].[Co].[Co].[NH2-].[NH2-]. The van der Waals surface area contributed by atoms with Gasteiger partial charge in [-0.1, -0.05) is 76.7 Å². The molecule has 10 aliphatic carbocycles. The van der Waals surface area contributed by atoms with E-state index >= 15 is 0 Å². The van der Waals surface area contributed by atoms with Crippen LogP contribution in [0.1, 0.15) is 244 Å². The maximum atomic E-state index is 13.0. The van der Waals surface area contributed by atoms with E-state index in [9.17, 15) is 19.2 Å². The van der Waals surface area contributed by atoms with E-state index in [2.05, 4.69) is 21.3 Å². The van der Waals surface area contributed by atoms with Crippen molar-refractivity contribution < 1.29 is 84.6 Å². The smallest absolute Gasteiger partial charge is 0 e. The number of rotatable bonds is 12. The maximum absolute atomic E-state index is 13.0. The molecule has 0 amide bonds. The average molecular weight is 1470 g/mol. The monoisotopic (exact) mass is 1460 g/mol. The summed E-state index contributed by atoms with van der Waals surface area (Å²) in [6, 6.07) is 0. The molecule has 93 heavy (non-hydrogen) atoms. The van der Waals surface area contributed by atoms with Crippen molar-refractivity contribution >= 4 is 44.2 Å². The van der Waals surface area contributed by atoms with Gasteiger partial charge in [0.25, 0.3) is 0 Å². The normalized spacial score (nSPS) is 41.1. The quantitative estimate of drug-likeness (QED) is 0.134. The number of nitrogens with two attached hydrogens (primary N) is 2. The molecule has 11 atom stereocenters. The Bertz CT molecular complexity index is 2270. The Balaban J connectivity index is 0.000000220. The number of nitrogens with zero attached hydrogens (tertiary/aromatic N) is 4. The topological polar surface area (TPSA) is 229 Å². The summed E-state index contributed by atoms with van der Waals surface area (Å²) in [6.45, 7) is 5.34. The van der Waals surface area contributed by atoms with E-state index in [1.807, 2.05) is 12.2 Å². The van der Waals surface area contributed by atoms with Crippen molar-refractivity contribution in [3.8, 4) is 0 Å². The van der Waals surface area contributed by atoms with Crippen LogP contribution in [-0.4, -0.2) is 94.1 Å². The second kappa shape index (κ2) is 37.6. The molecule has 0 spiro atoms. The molecule has 3 saturated heterocycles. The van der Waals surface area contributed by atoms with E-state index in [0.29, 0.717) is 55.5 Å². The summed E-state index contributed by atoms with van der Waals surface area (Å²) in [7, 11) is 9.47. The zero-order valence-electron chi connectivity index (χ0n) is 56.0. The van der Waals surface area contributed by atoms with Gasteiger partial charge in [-0.3, -0.25) is 14.4 Å². The van der Waals surface area contributed by atoms with Gasteiger partial charge in [0.15, 0.2) is 0 Å². The van der Waals surface area contributed by atoms with Crippen molar-refractivity contribution in [1.29, 1.82) is 0 Å². The van der Waals surface area contributed by atoms with Crippen molar-refractivity contribution in [2.45, 2.75) is 268 Å². The summed E-state index contributed by atoms with van der Waals surface area (Å²) < 4.78 is 24.6. The van der Waals surface area contributed by atoms with Crippen molar-refractivity contribution in [3.63, 3.8) is 0 Å². The first-order valence-electron chi connectivity index (χ1n) is 37.3. The van der Waals surface area contributed by atoms with Gasteiger partial charge in [-0.25, -0.2) is 4.79 Å². The number of hydrogen-bond donors (Lipinski definition) is 0. The molecule has 14 nitrogen and oxygen atoms in total. The number of carbonyl (C=O) groups is 4. The van der Waals surface area contributed by atoms with E-state index in [0.717, 1.165) is 181 Å². The summed E-state index contributed by atoms with van der Waals surface area (Å²) in [6.07, 6.45) is 52.7. The number of halogens is 2. The third kappa shape index (κ3) is 17.5. The van der Waals surface area contributed by atoms with Gasteiger partial charge in [0.05, 0.1) is 0 Å². The predicted molar refractivity (Wildman–Crippen MR) is 359 cm³/mol. The fourth-order valence-electron chi connectivity index (χ4n) is 24.0. The maximum Gasteiger partial charge on any atom is 0 e. The standard InChI is InChI=1S/C37H58N2O4.C37H55N2O4.2ClH.3Co.2H2N/c2*40-35(25-7-5-21-38-23-25)42-29-17-13-27(14-18-29)37(33-11-3-1-9-31(33)32-10-2-4-12-34(32)37)28-15-19-30(20-16-28)43-36(41)26-8-6-22-39-24-26;;;;;;;/h25-34H,1-24H2;5,7,23,26-34H,1-4,6,8-22,24H2,(H,38,40);2*1H;;;;2*1H2/q-2;-1;;;;;+2;2*-1/p-3. The zero-order chi connectivity index (χ0) is 61.2. The number of ether oxygens (including phenoxy) is 4. The van der Waals surface area contributed by atoms with E-state index < -0.39 is 0 Å². The van der Waals surface area contributed by atoms with Crippen LogP contribution in [0.2, 0.25) is 0 Å². The van der Waals surface area contributed by atoms with E-state index in [-0.39, 0.29) is 112 Å². The molecule has 4 aliphatic heterocycles.